The summed E-state index contributed by atoms with van der Waals surface area (Å²) in [5, 5.41) is 4.67. The molecule has 0 spiro atoms. The Morgan fingerprint density at radius 1 is 1.23 bits per heavy atom. The number of sulfonamides is 1. The summed E-state index contributed by atoms with van der Waals surface area (Å²) in [4.78, 5) is 0.253. The molecule has 1 heterocycles. The van der Waals surface area contributed by atoms with E-state index in [4.69, 9.17) is 5.73 Å². The summed E-state index contributed by atoms with van der Waals surface area (Å²) >= 11 is 0. The van der Waals surface area contributed by atoms with E-state index >= 15 is 0 Å². The molecule has 0 saturated carbocycles. The number of nitrogens with two attached hydrogens (primary N) is 1. The van der Waals surface area contributed by atoms with Crippen LogP contribution in [0.1, 0.15) is 43.3 Å². The Morgan fingerprint density at radius 2 is 1.80 bits per heavy atom. The summed E-state index contributed by atoms with van der Waals surface area (Å²) in [6, 6.07) is 6.86. The number of halogens is 2. The molecule has 168 valence electrons. The van der Waals surface area contributed by atoms with Gasteiger partial charge in [0.05, 0.1) is 17.1 Å². The van der Waals surface area contributed by atoms with E-state index in [2.05, 4.69) is 25.9 Å². The van der Waals surface area contributed by atoms with Crippen LogP contribution in [0.4, 0.5) is 4.39 Å². The van der Waals surface area contributed by atoms with Gasteiger partial charge in [0.25, 0.3) is 0 Å². The standard InChI is InChI=1S/C21H31FN4O2S.ClH/c1-15-19(13-16-7-9-18(10-8-16)29(27,28)25(5)6)20(21(2,3)4)24-26(15)14-17(22)11-12-23;/h7-11H,12-14,23H2,1-6H3;1H. The monoisotopic (exact) mass is 458 g/mol. The van der Waals surface area contributed by atoms with Gasteiger partial charge in [0.15, 0.2) is 0 Å². The number of benzene rings is 1. The number of allylic oxidation sites excluding steroid dienone is 1. The number of rotatable bonds is 7. The van der Waals surface area contributed by atoms with Gasteiger partial charge < -0.3 is 5.73 Å². The molecule has 2 aromatic rings. The third-order valence-corrected chi connectivity index (χ3v) is 6.59. The van der Waals surface area contributed by atoms with Crippen molar-refractivity contribution in [1.29, 1.82) is 0 Å². The van der Waals surface area contributed by atoms with Gasteiger partial charge in [-0.05, 0) is 30.7 Å². The average Bonchev–Trinajstić information content (AvgIpc) is 2.92. The molecule has 0 unspecified atom stereocenters. The second-order valence-electron chi connectivity index (χ2n) is 8.32. The highest BCUT2D eigenvalue weighted by molar-refractivity contribution is 7.89. The molecule has 0 bridgehead atoms. The first-order valence-electron chi connectivity index (χ1n) is 9.50. The van der Waals surface area contributed by atoms with Gasteiger partial charge in [-0.3, -0.25) is 4.68 Å². The predicted molar refractivity (Wildman–Crippen MR) is 121 cm³/mol. The minimum Gasteiger partial charge on any atom is -0.327 e. The van der Waals surface area contributed by atoms with E-state index in [1.165, 1.54) is 24.5 Å². The molecular weight excluding hydrogens is 427 g/mol. The number of hydrogen-bond donors (Lipinski definition) is 1. The van der Waals surface area contributed by atoms with Gasteiger partial charge in [-0.1, -0.05) is 32.9 Å². The molecular formula is C21H32ClFN4O2S. The van der Waals surface area contributed by atoms with Gasteiger partial charge in [0.1, 0.15) is 5.83 Å². The Kier molecular flexibility index (Phi) is 8.80. The summed E-state index contributed by atoms with van der Waals surface area (Å²) in [5.41, 5.74) is 8.97. The average molecular weight is 459 g/mol. The predicted octanol–water partition coefficient (Wildman–Crippen LogP) is 3.56. The van der Waals surface area contributed by atoms with Crippen molar-refractivity contribution < 1.29 is 12.8 Å². The van der Waals surface area contributed by atoms with E-state index in [0.29, 0.717) is 6.42 Å². The number of hydrogen-bond acceptors (Lipinski definition) is 4. The van der Waals surface area contributed by atoms with Crippen LogP contribution in [-0.4, -0.2) is 43.1 Å². The Labute approximate surface area is 185 Å². The lowest BCUT2D eigenvalue weighted by Crippen LogP contribution is -2.22. The molecule has 0 fully saturated rings. The summed E-state index contributed by atoms with van der Waals surface area (Å²) in [6.45, 7) is 8.34. The topological polar surface area (TPSA) is 81.2 Å². The van der Waals surface area contributed by atoms with Crippen molar-refractivity contribution in [1.82, 2.24) is 14.1 Å². The van der Waals surface area contributed by atoms with Crippen LogP contribution >= 0.6 is 12.4 Å². The smallest absolute Gasteiger partial charge is 0.242 e. The highest BCUT2D eigenvalue weighted by atomic mass is 35.5. The van der Waals surface area contributed by atoms with E-state index in [1.54, 1.807) is 16.8 Å². The first-order chi connectivity index (χ1) is 13.4. The zero-order valence-corrected chi connectivity index (χ0v) is 20.1. The van der Waals surface area contributed by atoms with Crippen molar-refractivity contribution in [3.05, 3.63) is 58.7 Å². The quantitative estimate of drug-likeness (QED) is 0.687. The number of aromatic nitrogens is 2. The van der Waals surface area contributed by atoms with E-state index < -0.39 is 10.0 Å². The fraction of sp³-hybridized carbons (Fsp3) is 0.476. The van der Waals surface area contributed by atoms with Crippen molar-refractivity contribution in [2.24, 2.45) is 5.73 Å². The molecule has 2 rings (SSSR count). The van der Waals surface area contributed by atoms with Crippen LogP contribution in [0.5, 0.6) is 0 Å². The maximum atomic E-state index is 14.0. The molecule has 0 atom stereocenters. The summed E-state index contributed by atoms with van der Waals surface area (Å²) in [5.74, 6) is -0.316. The molecule has 0 radical (unpaired) electrons. The van der Waals surface area contributed by atoms with Crippen LogP contribution in [0.25, 0.3) is 0 Å². The van der Waals surface area contributed by atoms with E-state index in [1.807, 2.05) is 19.1 Å². The molecule has 9 heteroatoms. The Bertz CT molecular complexity index is 991. The first kappa shape index (κ1) is 26.3. The van der Waals surface area contributed by atoms with Crippen LogP contribution in [-0.2, 0) is 28.4 Å². The molecule has 6 nitrogen and oxygen atoms in total. The lowest BCUT2D eigenvalue weighted by Gasteiger charge is -2.18. The Balaban J connectivity index is 0.00000450. The van der Waals surface area contributed by atoms with Crippen molar-refractivity contribution in [3.63, 3.8) is 0 Å². The van der Waals surface area contributed by atoms with Crippen LogP contribution in [0, 0.1) is 6.92 Å². The molecule has 1 aromatic heterocycles. The fourth-order valence-corrected chi connectivity index (χ4v) is 3.98. The molecule has 0 saturated heterocycles. The maximum absolute atomic E-state index is 14.0. The summed E-state index contributed by atoms with van der Waals surface area (Å²) in [7, 11) is -0.445. The van der Waals surface area contributed by atoms with E-state index in [9.17, 15) is 12.8 Å². The third-order valence-electron chi connectivity index (χ3n) is 4.76. The SMILES string of the molecule is Cc1c(Cc2ccc(S(=O)(=O)N(C)C)cc2)c(C(C)(C)C)nn1CC(F)=CCN.Cl. The van der Waals surface area contributed by atoms with Gasteiger partial charge in [0, 0.05) is 43.7 Å². The fourth-order valence-electron chi connectivity index (χ4n) is 3.08. The van der Waals surface area contributed by atoms with Gasteiger partial charge >= 0.3 is 0 Å². The van der Waals surface area contributed by atoms with E-state index in [-0.39, 0.29) is 41.6 Å². The van der Waals surface area contributed by atoms with Crippen LogP contribution in [0.3, 0.4) is 0 Å². The molecule has 0 amide bonds. The molecule has 0 aliphatic heterocycles. The zero-order chi connectivity index (χ0) is 22.0. The third kappa shape index (κ3) is 5.91. The van der Waals surface area contributed by atoms with Crippen molar-refractivity contribution >= 4 is 22.4 Å². The highest BCUT2D eigenvalue weighted by Gasteiger charge is 2.25. The molecule has 1 aromatic carbocycles. The minimum absolute atomic E-state index is 0. The van der Waals surface area contributed by atoms with Gasteiger partial charge in [-0.25, -0.2) is 17.1 Å². The summed E-state index contributed by atoms with van der Waals surface area (Å²) in [6.07, 6.45) is 1.93. The second kappa shape index (κ2) is 10.0. The zero-order valence-electron chi connectivity index (χ0n) is 18.4. The molecule has 2 N–H and O–H groups in total. The van der Waals surface area contributed by atoms with Gasteiger partial charge in [0.2, 0.25) is 10.0 Å². The first-order valence-corrected chi connectivity index (χ1v) is 10.9. The maximum Gasteiger partial charge on any atom is 0.242 e. The Hall–Kier alpha value is -1.74. The van der Waals surface area contributed by atoms with Crippen LogP contribution in [0.15, 0.2) is 41.1 Å². The lowest BCUT2D eigenvalue weighted by atomic mass is 9.87. The van der Waals surface area contributed by atoms with Crippen LogP contribution in [0.2, 0.25) is 0 Å². The van der Waals surface area contributed by atoms with Crippen molar-refractivity contribution in [2.75, 3.05) is 20.6 Å². The van der Waals surface area contributed by atoms with Gasteiger partial charge in [-0.15, -0.1) is 12.4 Å². The number of nitrogens with zero attached hydrogens (tertiary/aromatic N) is 3. The highest BCUT2D eigenvalue weighted by Crippen LogP contribution is 2.29. The summed E-state index contributed by atoms with van der Waals surface area (Å²) < 4.78 is 41.4. The largest absolute Gasteiger partial charge is 0.327 e. The lowest BCUT2D eigenvalue weighted by molar-refractivity contribution is 0.497. The van der Waals surface area contributed by atoms with Crippen LogP contribution < -0.4 is 5.73 Å². The second-order valence-corrected chi connectivity index (χ2v) is 10.5. The molecule has 0 aliphatic rings. The van der Waals surface area contributed by atoms with Crippen molar-refractivity contribution in [3.8, 4) is 0 Å². The van der Waals surface area contributed by atoms with E-state index in [0.717, 1.165) is 22.5 Å². The van der Waals surface area contributed by atoms with Gasteiger partial charge in [-0.2, -0.15) is 5.10 Å². The molecule has 0 aliphatic carbocycles. The molecule has 30 heavy (non-hydrogen) atoms. The Morgan fingerprint density at radius 3 is 2.27 bits per heavy atom. The van der Waals surface area contributed by atoms with Crippen molar-refractivity contribution in [2.45, 2.75) is 51.0 Å². The minimum atomic E-state index is -3.46. The normalized spacial score (nSPS) is 12.9.